The zero-order valence-corrected chi connectivity index (χ0v) is 12.5. The van der Waals surface area contributed by atoms with Gasteiger partial charge in [-0.1, -0.05) is 49.4 Å². The highest BCUT2D eigenvalue weighted by molar-refractivity contribution is 5.77. The van der Waals surface area contributed by atoms with Gasteiger partial charge in [-0.15, -0.1) is 0 Å². The summed E-state index contributed by atoms with van der Waals surface area (Å²) in [5, 5.41) is 2.90. The average molecular weight is 283 g/mol. The van der Waals surface area contributed by atoms with E-state index in [0.717, 1.165) is 11.3 Å². The average Bonchev–Trinajstić information content (AvgIpc) is 2.51. The third kappa shape index (κ3) is 4.95. The second kappa shape index (κ2) is 7.48. The van der Waals surface area contributed by atoms with E-state index in [9.17, 15) is 4.79 Å². The van der Waals surface area contributed by atoms with Crippen molar-refractivity contribution < 1.29 is 9.53 Å². The summed E-state index contributed by atoms with van der Waals surface area (Å²) < 4.78 is 5.47. The normalized spacial score (nSPS) is 11.7. The fourth-order valence-corrected chi connectivity index (χ4v) is 2.07. The molecule has 2 aromatic rings. The Bertz CT molecular complexity index is 581. The van der Waals surface area contributed by atoms with Gasteiger partial charge < -0.3 is 10.1 Å². The van der Waals surface area contributed by atoms with Gasteiger partial charge in [0, 0.05) is 6.54 Å². The van der Waals surface area contributed by atoms with Crippen LogP contribution in [0.25, 0.3) is 0 Å². The summed E-state index contributed by atoms with van der Waals surface area (Å²) in [5.74, 6) is 0.912. The number of hydrogen-bond donors (Lipinski definition) is 1. The van der Waals surface area contributed by atoms with E-state index >= 15 is 0 Å². The van der Waals surface area contributed by atoms with Crippen LogP contribution in [0.2, 0.25) is 0 Å². The lowest BCUT2D eigenvalue weighted by Gasteiger charge is -2.13. The van der Waals surface area contributed by atoms with E-state index in [1.807, 2.05) is 49.4 Å². The first kappa shape index (κ1) is 15.1. The Labute approximate surface area is 126 Å². The predicted molar refractivity (Wildman–Crippen MR) is 84.5 cm³/mol. The molecule has 1 N–H and O–H groups in total. The first-order chi connectivity index (χ1) is 10.1. The molecule has 1 unspecified atom stereocenters. The molecule has 2 aromatic carbocycles. The van der Waals surface area contributed by atoms with E-state index in [0.29, 0.717) is 6.54 Å². The Kier molecular flexibility index (Phi) is 5.38. The Morgan fingerprint density at radius 3 is 2.62 bits per heavy atom. The summed E-state index contributed by atoms with van der Waals surface area (Å²) in [6, 6.07) is 17.8. The zero-order chi connectivity index (χ0) is 15.1. The van der Waals surface area contributed by atoms with Crippen molar-refractivity contribution in [2.75, 3.05) is 13.2 Å². The Balaban J connectivity index is 1.75. The minimum atomic E-state index is -0.0979. The number of aryl methyl sites for hydroxylation is 1. The number of rotatable bonds is 6. The number of nitrogens with one attached hydrogen (secondary N) is 1. The first-order valence-electron chi connectivity index (χ1n) is 7.16. The highest BCUT2D eigenvalue weighted by atomic mass is 16.5. The molecule has 0 saturated carbocycles. The van der Waals surface area contributed by atoms with Gasteiger partial charge in [0.05, 0.1) is 0 Å². The molecule has 0 bridgehead atoms. The van der Waals surface area contributed by atoms with Gasteiger partial charge in [0.15, 0.2) is 6.61 Å². The fourth-order valence-electron chi connectivity index (χ4n) is 2.07. The summed E-state index contributed by atoms with van der Waals surface area (Å²) in [6.07, 6.45) is 0. The summed E-state index contributed by atoms with van der Waals surface area (Å²) in [7, 11) is 0. The lowest BCUT2D eigenvalue weighted by atomic mass is 10.0. The van der Waals surface area contributed by atoms with E-state index in [4.69, 9.17) is 4.74 Å². The third-order valence-electron chi connectivity index (χ3n) is 3.33. The molecule has 3 nitrogen and oxygen atoms in total. The highest BCUT2D eigenvalue weighted by Crippen LogP contribution is 2.13. The molecule has 0 spiro atoms. The Morgan fingerprint density at radius 2 is 1.90 bits per heavy atom. The number of hydrogen-bond acceptors (Lipinski definition) is 2. The van der Waals surface area contributed by atoms with Crippen molar-refractivity contribution in [3.8, 4) is 5.75 Å². The smallest absolute Gasteiger partial charge is 0.257 e. The van der Waals surface area contributed by atoms with Gasteiger partial charge in [-0.05, 0) is 36.1 Å². The van der Waals surface area contributed by atoms with Crippen molar-refractivity contribution in [3.63, 3.8) is 0 Å². The minimum Gasteiger partial charge on any atom is -0.484 e. The molecule has 0 aliphatic rings. The van der Waals surface area contributed by atoms with Crippen LogP contribution in [-0.4, -0.2) is 19.1 Å². The molecule has 0 heterocycles. The summed E-state index contributed by atoms with van der Waals surface area (Å²) in [6.45, 7) is 4.75. The van der Waals surface area contributed by atoms with Crippen LogP contribution in [0.3, 0.4) is 0 Å². The molecular weight excluding hydrogens is 262 g/mol. The van der Waals surface area contributed by atoms with Gasteiger partial charge in [0.2, 0.25) is 0 Å². The number of ether oxygens (including phenoxy) is 1. The van der Waals surface area contributed by atoms with E-state index in [1.165, 1.54) is 5.56 Å². The van der Waals surface area contributed by atoms with Crippen LogP contribution >= 0.6 is 0 Å². The second-order valence-electron chi connectivity index (χ2n) is 5.22. The largest absolute Gasteiger partial charge is 0.484 e. The highest BCUT2D eigenvalue weighted by Gasteiger charge is 2.08. The van der Waals surface area contributed by atoms with Crippen molar-refractivity contribution in [1.29, 1.82) is 0 Å². The minimum absolute atomic E-state index is 0.0466. The van der Waals surface area contributed by atoms with E-state index in [-0.39, 0.29) is 18.4 Å². The number of carbonyl (C=O) groups excluding carboxylic acids is 1. The summed E-state index contributed by atoms with van der Waals surface area (Å²) >= 11 is 0. The van der Waals surface area contributed by atoms with E-state index in [2.05, 4.69) is 24.4 Å². The molecular formula is C18H21NO2. The monoisotopic (exact) mass is 283 g/mol. The zero-order valence-electron chi connectivity index (χ0n) is 12.5. The summed E-state index contributed by atoms with van der Waals surface area (Å²) in [4.78, 5) is 11.8. The van der Waals surface area contributed by atoms with Gasteiger partial charge in [0.25, 0.3) is 5.91 Å². The molecule has 0 fully saturated rings. The molecule has 0 saturated heterocycles. The Morgan fingerprint density at radius 1 is 1.14 bits per heavy atom. The maximum Gasteiger partial charge on any atom is 0.257 e. The van der Waals surface area contributed by atoms with Crippen molar-refractivity contribution in [2.24, 2.45) is 0 Å². The second-order valence-corrected chi connectivity index (χ2v) is 5.22. The molecule has 2 rings (SSSR count). The van der Waals surface area contributed by atoms with Gasteiger partial charge in [-0.25, -0.2) is 0 Å². The molecule has 0 aliphatic carbocycles. The van der Waals surface area contributed by atoms with Crippen molar-refractivity contribution in [3.05, 3.63) is 65.7 Å². The van der Waals surface area contributed by atoms with Gasteiger partial charge in [-0.3, -0.25) is 4.79 Å². The van der Waals surface area contributed by atoms with Crippen LogP contribution in [0, 0.1) is 6.92 Å². The van der Waals surface area contributed by atoms with Crippen molar-refractivity contribution in [2.45, 2.75) is 19.8 Å². The van der Waals surface area contributed by atoms with Crippen LogP contribution in [0.4, 0.5) is 0 Å². The van der Waals surface area contributed by atoms with E-state index in [1.54, 1.807) is 0 Å². The quantitative estimate of drug-likeness (QED) is 0.883. The lowest BCUT2D eigenvalue weighted by Crippen LogP contribution is -2.31. The van der Waals surface area contributed by atoms with Gasteiger partial charge in [0.1, 0.15) is 5.75 Å². The molecule has 3 heteroatoms. The number of benzene rings is 2. The maximum atomic E-state index is 11.8. The molecule has 110 valence electrons. The van der Waals surface area contributed by atoms with Gasteiger partial charge >= 0.3 is 0 Å². The molecule has 0 radical (unpaired) electrons. The summed E-state index contributed by atoms with van der Waals surface area (Å²) in [5.41, 5.74) is 2.34. The fraction of sp³-hybridized carbons (Fsp3) is 0.278. The van der Waals surface area contributed by atoms with Crippen LogP contribution in [0.15, 0.2) is 54.6 Å². The molecule has 0 aliphatic heterocycles. The SMILES string of the molecule is Cc1cccc(OCC(=O)NCC(C)c2ccccc2)c1. The van der Waals surface area contributed by atoms with Crippen LogP contribution in [0.5, 0.6) is 5.75 Å². The molecule has 21 heavy (non-hydrogen) atoms. The predicted octanol–water partition coefficient (Wildman–Crippen LogP) is 3.29. The van der Waals surface area contributed by atoms with Crippen molar-refractivity contribution >= 4 is 5.91 Å². The maximum absolute atomic E-state index is 11.8. The number of amides is 1. The molecule has 1 amide bonds. The van der Waals surface area contributed by atoms with Gasteiger partial charge in [-0.2, -0.15) is 0 Å². The topological polar surface area (TPSA) is 38.3 Å². The van der Waals surface area contributed by atoms with E-state index < -0.39 is 0 Å². The molecule has 1 atom stereocenters. The first-order valence-corrected chi connectivity index (χ1v) is 7.16. The van der Waals surface area contributed by atoms with Crippen LogP contribution < -0.4 is 10.1 Å². The standard InChI is InChI=1S/C18H21NO2/c1-14-7-6-10-17(11-14)21-13-18(20)19-12-15(2)16-8-4-3-5-9-16/h3-11,15H,12-13H2,1-2H3,(H,19,20). The van der Waals surface area contributed by atoms with Crippen LogP contribution in [0.1, 0.15) is 24.0 Å². The van der Waals surface area contributed by atoms with Crippen molar-refractivity contribution in [1.82, 2.24) is 5.32 Å². The third-order valence-corrected chi connectivity index (χ3v) is 3.33. The van der Waals surface area contributed by atoms with Crippen LogP contribution in [-0.2, 0) is 4.79 Å². The molecule has 0 aromatic heterocycles. The number of carbonyl (C=O) groups is 1. The lowest BCUT2D eigenvalue weighted by molar-refractivity contribution is -0.123. The Hall–Kier alpha value is -2.29.